The zero-order valence-electron chi connectivity index (χ0n) is 20.9. The van der Waals surface area contributed by atoms with Gasteiger partial charge in [0.25, 0.3) is 10.0 Å². The summed E-state index contributed by atoms with van der Waals surface area (Å²) in [5.41, 5.74) is 2.23. The monoisotopic (exact) mass is 544 g/mol. The lowest BCUT2D eigenvalue weighted by atomic mass is 9.91. The van der Waals surface area contributed by atoms with Gasteiger partial charge in [0.05, 0.1) is 5.02 Å². The Balaban J connectivity index is 1.37. The van der Waals surface area contributed by atoms with Crippen molar-refractivity contribution in [3.05, 3.63) is 70.4 Å². The maximum Gasteiger partial charge on any atom is 0.264 e. The van der Waals surface area contributed by atoms with Gasteiger partial charge in [-0.3, -0.25) is 4.72 Å². The molecule has 0 bridgehead atoms. The van der Waals surface area contributed by atoms with Crippen LogP contribution < -0.4 is 10.0 Å². The number of nitrogens with zero attached hydrogens (tertiary/aromatic N) is 4. The van der Waals surface area contributed by atoms with Crippen LogP contribution in [0.2, 0.25) is 5.02 Å². The molecule has 0 radical (unpaired) electrons. The molecule has 0 amide bonds. The van der Waals surface area contributed by atoms with Gasteiger partial charge in [0.15, 0.2) is 0 Å². The minimum absolute atomic E-state index is 0.105. The highest BCUT2D eigenvalue weighted by atomic mass is 35.5. The molecular weight excluding hydrogens is 515 g/mol. The van der Waals surface area contributed by atoms with E-state index < -0.39 is 20.9 Å². The Hall–Kier alpha value is -3.08. The van der Waals surface area contributed by atoms with E-state index in [9.17, 15) is 12.8 Å². The quantitative estimate of drug-likeness (QED) is 0.400. The van der Waals surface area contributed by atoms with Crippen LogP contribution in [0.4, 0.5) is 16.2 Å². The van der Waals surface area contributed by atoms with Crippen molar-refractivity contribution in [1.29, 1.82) is 0 Å². The molecule has 1 saturated carbocycles. The molecule has 8 nitrogen and oxygen atoms in total. The molecule has 1 aliphatic carbocycles. The summed E-state index contributed by atoms with van der Waals surface area (Å²) in [7, 11) is 0.163. The fourth-order valence-corrected chi connectivity index (χ4v) is 5.81. The lowest BCUT2D eigenvalue weighted by Gasteiger charge is -2.32. The van der Waals surface area contributed by atoms with Gasteiger partial charge >= 0.3 is 0 Å². The van der Waals surface area contributed by atoms with Crippen molar-refractivity contribution in [3.8, 4) is 0 Å². The molecule has 2 aromatic heterocycles. The second-order valence-corrected chi connectivity index (χ2v) is 11.3. The molecule has 3 aromatic rings. The molecule has 1 aliphatic rings. The van der Waals surface area contributed by atoms with E-state index in [-0.39, 0.29) is 10.7 Å². The largest absolute Gasteiger partial charge is 0.351 e. The zero-order chi connectivity index (χ0) is 26.6. The number of benzene rings is 1. The topological polar surface area (TPSA) is 100 Å². The van der Waals surface area contributed by atoms with Gasteiger partial charge < -0.3 is 10.2 Å². The molecule has 2 N–H and O–H groups in total. The normalized spacial score (nSPS) is 18.3. The van der Waals surface area contributed by atoms with Crippen molar-refractivity contribution in [2.75, 3.05) is 24.1 Å². The third-order valence-corrected chi connectivity index (χ3v) is 8.35. The van der Waals surface area contributed by atoms with Gasteiger partial charge in [-0.2, -0.15) is 0 Å². The summed E-state index contributed by atoms with van der Waals surface area (Å²) >= 11 is 5.83. The van der Waals surface area contributed by atoms with Crippen molar-refractivity contribution in [2.45, 2.75) is 49.6 Å². The Morgan fingerprint density at radius 1 is 1.05 bits per heavy atom. The van der Waals surface area contributed by atoms with Crippen LogP contribution in [-0.2, 0) is 10.0 Å². The molecule has 0 aliphatic heterocycles. The lowest BCUT2D eigenvalue weighted by Crippen LogP contribution is -2.36. The van der Waals surface area contributed by atoms with E-state index in [1.165, 1.54) is 18.2 Å². The van der Waals surface area contributed by atoms with Gasteiger partial charge in [-0.1, -0.05) is 29.8 Å². The molecule has 0 atom stereocenters. The maximum atomic E-state index is 13.7. The first kappa shape index (κ1) is 27.0. The molecule has 1 aromatic carbocycles. The highest BCUT2D eigenvalue weighted by Crippen LogP contribution is 2.26. The Bertz CT molecular complexity index is 1370. The van der Waals surface area contributed by atoms with Crippen LogP contribution in [0.15, 0.2) is 47.6 Å². The molecule has 0 spiro atoms. The average molecular weight is 545 g/mol. The summed E-state index contributed by atoms with van der Waals surface area (Å²) in [6.45, 7) is 1.77. The predicted molar refractivity (Wildman–Crippen MR) is 146 cm³/mol. The van der Waals surface area contributed by atoms with Crippen molar-refractivity contribution in [1.82, 2.24) is 19.9 Å². The molecule has 4 rings (SSSR count). The molecule has 196 valence electrons. The highest BCUT2D eigenvalue weighted by molar-refractivity contribution is 7.92. The Morgan fingerprint density at radius 3 is 2.41 bits per heavy atom. The van der Waals surface area contributed by atoms with Gasteiger partial charge in [0, 0.05) is 35.7 Å². The summed E-state index contributed by atoms with van der Waals surface area (Å²) < 4.78 is 41.3. The van der Waals surface area contributed by atoms with E-state index >= 15 is 0 Å². The summed E-state index contributed by atoms with van der Waals surface area (Å²) in [5.74, 6) is -0.0826. The minimum atomic E-state index is -4.10. The zero-order valence-corrected chi connectivity index (χ0v) is 22.5. The first-order chi connectivity index (χ1) is 17.6. The number of nitrogens with one attached hydrogen (secondary N) is 2. The predicted octanol–water partition coefficient (Wildman–Crippen LogP) is 5.23. The number of halogens is 2. The van der Waals surface area contributed by atoms with E-state index in [0.717, 1.165) is 42.9 Å². The molecule has 0 saturated heterocycles. The maximum absolute atomic E-state index is 13.7. The van der Waals surface area contributed by atoms with Gasteiger partial charge in [0.1, 0.15) is 16.5 Å². The number of aromatic nitrogens is 3. The van der Waals surface area contributed by atoms with Crippen molar-refractivity contribution in [3.63, 3.8) is 0 Å². The Kier molecular flexibility index (Phi) is 8.41. The number of hydrogen-bond acceptors (Lipinski definition) is 7. The average Bonchev–Trinajstić information content (AvgIpc) is 2.86. The second-order valence-electron chi connectivity index (χ2n) is 9.32. The number of anilines is 2. The van der Waals surface area contributed by atoms with Crippen LogP contribution in [0.25, 0.3) is 12.2 Å². The summed E-state index contributed by atoms with van der Waals surface area (Å²) in [6, 6.07) is 7.92. The molecular formula is C26H30ClFN6O2S. The van der Waals surface area contributed by atoms with E-state index in [1.807, 2.05) is 12.2 Å². The molecule has 0 unspecified atom stereocenters. The van der Waals surface area contributed by atoms with Crippen LogP contribution >= 0.6 is 11.6 Å². The molecule has 1 fully saturated rings. The fourth-order valence-electron chi connectivity index (χ4n) is 4.29. The van der Waals surface area contributed by atoms with Gasteiger partial charge in [0.2, 0.25) is 5.95 Å². The number of hydrogen-bond donors (Lipinski definition) is 2. The van der Waals surface area contributed by atoms with Crippen LogP contribution in [0.5, 0.6) is 0 Å². The van der Waals surface area contributed by atoms with Crippen LogP contribution in [-0.4, -0.2) is 54.4 Å². The standard InChI is InChI=1S/C26H30ClFN6O2S/c1-17-19(9-14-24(31-17)33-37(35,36)23-6-4-5-22(28)25(23)27)8-7-18-15-29-26(30-16-18)32-20-10-12-21(13-11-20)34(2)3/h4-9,14-16,20-21H,10-13H2,1-3H3,(H,31,33)(H,29,30,32)/b8-7+/t20-,21-. The van der Waals surface area contributed by atoms with Crippen molar-refractivity contribution >= 4 is 45.5 Å². The van der Waals surface area contributed by atoms with Gasteiger partial charge in [-0.25, -0.2) is 27.8 Å². The number of pyridine rings is 1. The van der Waals surface area contributed by atoms with E-state index in [0.29, 0.717) is 23.7 Å². The summed E-state index contributed by atoms with van der Waals surface area (Å²) in [6.07, 6.45) is 11.8. The van der Waals surface area contributed by atoms with Crippen molar-refractivity contribution in [2.24, 2.45) is 0 Å². The fraction of sp³-hybridized carbons (Fsp3) is 0.346. The first-order valence-electron chi connectivity index (χ1n) is 12.0. The van der Waals surface area contributed by atoms with Gasteiger partial charge in [-0.05, 0) is 76.5 Å². The second kappa shape index (κ2) is 11.5. The lowest BCUT2D eigenvalue weighted by molar-refractivity contribution is 0.221. The Labute approximate surface area is 222 Å². The number of rotatable bonds is 8. The van der Waals surface area contributed by atoms with Crippen LogP contribution in [0.1, 0.15) is 42.5 Å². The molecule has 2 heterocycles. The number of sulfonamides is 1. The first-order valence-corrected chi connectivity index (χ1v) is 13.9. The third-order valence-electron chi connectivity index (χ3n) is 6.46. The van der Waals surface area contributed by atoms with Crippen LogP contribution in [0.3, 0.4) is 0 Å². The van der Waals surface area contributed by atoms with Crippen LogP contribution in [0, 0.1) is 12.7 Å². The SMILES string of the molecule is Cc1nc(NS(=O)(=O)c2cccc(F)c2Cl)ccc1/C=C/c1cnc(N[C@H]2CC[C@H](N(C)C)CC2)nc1. The Morgan fingerprint density at radius 2 is 1.76 bits per heavy atom. The van der Waals surface area contributed by atoms with E-state index in [1.54, 1.807) is 25.4 Å². The number of aryl methyl sites for hydroxylation is 1. The summed E-state index contributed by atoms with van der Waals surface area (Å²) in [4.78, 5) is 15.2. The minimum Gasteiger partial charge on any atom is -0.351 e. The summed E-state index contributed by atoms with van der Waals surface area (Å²) in [5, 5.41) is 2.97. The third kappa shape index (κ3) is 6.82. The van der Waals surface area contributed by atoms with Gasteiger partial charge in [-0.15, -0.1) is 0 Å². The highest BCUT2D eigenvalue weighted by Gasteiger charge is 2.23. The molecule has 11 heteroatoms. The van der Waals surface area contributed by atoms with Crippen molar-refractivity contribution < 1.29 is 12.8 Å². The van der Waals surface area contributed by atoms with E-state index in [4.69, 9.17) is 11.6 Å². The molecule has 37 heavy (non-hydrogen) atoms. The van der Waals surface area contributed by atoms with E-state index in [2.05, 4.69) is 44.0 Å². The smallest absolute Gasteiger partial charge is 0.264 e.